The van der Waals surface area contributed by atoms with E-state index in [0.29, 0.717) is 50.4 Å². The second kappa shape index (κ2) is 12.5. The van der Waals surface area contributed by atoms with Gasteiger partial charge in [-0.3, -0.25) is 9.59 Å². The molecule has 4 fully saturated rings. The number of tetrazole rings is 1. The van der Waals surface area contributed by atoms with Gasteiger partial charge in [-0.05, 0) is 96.5 Å². The molecule has 2 bridgehead atoms. The lowest BCUT2D eigenvalue weighted by molar-refractivity contribution is -0.253. The SMILES string of the molecule is CCC(=O)c1nnn([C@@H]2C[C@@]34COC[C@](C)([C@@H]3CC[C@H]3C4=CC[C@@]4(C)C(C(=O)O)[C@@](C)([C@H](C)C(C)C)CC[C@]34C)[C@H]2OC[C@](C)(N)C(C)C)n1. The Labute approximate surface area is 300 Å². The first-order valence-electron chi connectivity index (χ1n) is 19.5. The number of carbonyl (C=O) groups excluding carboxylic acids is 1. The van der Waals surface area contributed by atoms with Gasteiger partial charge in [0, 0.05) is 22.8 Å². The largest absolute Gasteiger partial charge is 0.481 e. The van der Waals surface area contributed by atoms with Gasteiger partial charge >= 0.3 is 5.97 Å². The van der Waals surface area contributed by atoms with E-state index in [1.54, 1.807) is 4.80 Å². The highest BCUT2D eigenvalue weighted by atomic mass is 16.5. The fraction of sp³-hybridized carbons (Fsp3) is 0.875. The first-order chi connectivity index (χ1) is 23.2. The van der Waals surface area contributed by atoms with Gasteiger partial charge in [0.1, 0.15) is 6.04 Å². The number of carboxylic acids is 1. The van der Waals surface area contributed by atoms with Crippen molar-refractivity contribution >= 4 is 11.8 Å². The topological polar surface area (TPSA) is 142 Å². The average molecular weight is 696 g/mol. The van der Waals surface area contributed by atoms with Crippen LogP contribution in [0.5, 0.6) is 0 Å². The third-order valence-electron chi connectivity index (χ3n) is 16.3. The molecule has 0 radical (unpaired) electrons. The number of nitrogens with zero attached hydrogens (tertiary/aromatic N) is 4. The summed E-state index contributed by atoms with van der Waals surface area (Å²) in [6, 6.07) is -0.275. The average Bonchev–Trinajstić information content (AvgIpc) is 3.54. The first kappa shape index (κ1) is 37.6. The van der Waals surface area contributed by atoms with Crippen LogP contribution in [0.25, 0.3) is 0 Å². The molecule has 1 aromatic rings. The van der Waals surface area contributed by atoms with E-state index in [2.05, 4.69) is 78.7 Å². The molecule has 50 heavy (non-hydrogen) atoms. The molecular formula is C40H65N5O5. The van der Waals surface area contributed by atoms with E-state index >= 15 is 0 Å². The van der Waals surface area contributed by atoms with Crippen molar-refractivity contribution in [3.05, 3.63) is 17.5 Å². The van der Waals surface area contributed by atoms with Gasteiger partial charge in [0.15, 0.2) is 0 Å². The lowest BCUT2D eigenvalue weighted by atomic mass is 9.34. The molecule has 1 aliphatic heterocycles. The quantitative estimate of drug-likeness (QED) is 0.193. The van der Waals surface area contributed by atoms with Gasteiger partial charge in [0.25, 0.3) is 0 Å². The molecule has 0 amide bonds. The predicted octanol–water partition coefficient (Wildman–Crippen LogP) is 7.15. The van der Waals surface area contributed by atoms with Crippen LogP contribution in [0.4, 0.5) is 0 Å². The van der Waals surface area contributed by atoms with E-state index in [0.717, 1.165) is 32.1 Å². The van der Waals surface area contributed by atoms with Crippen LogP contribution >= 0.6 is 0 Å². The van der Waals surface area contributed by atoms with Crippen molar-refractivity contribution < 1.29 is 24.2 Å². The van der Waals surface area contributed by atoms with Crippen molar-refractivity contribution in [3.8, 4) is 0 Å². The van der Waals surface area contributed by atoms with Gasteiger partial charge in [-0.2, -0.15) is 4.80 Å². The molecule has 1 saturated heterocycles. The number of hydrogen-bond acceptors (Lipinski definition) is 8. The Kier molecular flexibility index (Phi) is 9.37. The van der Waals surface area contributed by atoms with Gasteiger partial charge in [0.05, 0.1) is 31.8 Å². The maximum Gasteiger partial charge on any atom is 0.307 e. The highest BCUT2D eigenvalue weighted by Gasteiger charge is 2.72. The lowest BCUT2D eigenvalue weighted by Gasteiger charge is -2.71. The van der Waals surface area contributed by atoms with E-state index in [9.17, 15) is 14.7 Å². The number of allylic oxidation sites excluding steroid dienone is 1. The maximum atomic E-state index is 13.5. The van der Waals surface area contributed by atoms with Gasteiger partial charge in [0.2, 0.25) is 11.6 Å². The Hall–Kier alpha value is -2.17. The van der Waals surface area contributed by atoms with Crippen LogP contribution in [-0.2, 0) is 14.3 Å². The summed E-state index contributed by atoms with van der Waals surface area (Å²) < 4.78 is 13.6. The summed E-state index contributed by atoms with van der Waals surface area (Å²) in [6.07, 6.45) is 7.88. The third-order valence-corrected chi connectivity index (χ3v) is 16.3. The number of ether oxygens (including phenoxy) is 2. The van der Waals surface area contributed by atoms with Crippen LogP contribution < -0.4 is 5.73 Å². The molecule has 0 aromatic carbocycles. The lowest BCUT2D eigenvalue weighted by Crippen LogP contribution is -2.69. The highest BCUT2D eigenvalue weighted by molar-refractivity contribution is 5.91. The second-order valence-corrected chi connectivity index (χ2v) is 19.2. The molecule has 3 saturated carbocycles. The predicted molar refractivity (Wildman–Crippen MR) is 192 cm³/mol. The third kappa shape index (κ3) is 5.22. The maximum absolute atomic E-state index is 13.5. The Morgan fingerprint density at radius 3 is 2.42 bits per heavy atom. The number of ketones is 1. The number of Topliss-reactive ketones (excluding diaryl/α,β-unsaturated/α-hetero) is 1. The fourth-order valence-electron chi connectivity index (χ4n) is 12.2. The number of hydrogen-bond donors (Lipinski definition) is 2. The fourth-order valence-corrected chi connectivity index (χ4v) is 12.2. The molecule has 10 heteroatoms. The molecule has 0 spiro atoms. The molecule has 2 heterocycles. The standard InChI is InChI=1S/C40H65N5O5/c1-12-29(46)33-42-44-45(43-33)28-19-40-22-49-20-36(8,32(28)50-21-39(11,41)24(4)5)30(40)14-13-26-27(40)15-16-38(10)31(34(47)48)35(7,25(6)23(2)3)17-18-37(26,38)9/h15,23-26,28,30-32H,12-14,16-22,41H2,1-11H3,(H,47,48)/t25-,26+,28-,30+,31?,32+,35-,36-,37-,38+,39+,40+/m1/s1. The Bertz CT molecular complexity index is 1520. The normalized spacial score (nSPS) is 42.9. The highest BCUT2D eigenvalue weighted by Crippen LogP contribution is 2.75. The Balaban J connectivity index is 1.46. The molecule has 4 aliphatic carbocycles. The molecular weight excluding hydrogens is 630 g/mol. The Morgan fingerprint density at radius 2 is 1.80 bits per heavy atom. The van der Waals surface area contributed by atoms with Gasteiger partial charge in [-0.15, -0.1) is 10.2 Å². The molecule has 1 aromatic heterocycles. The summed E-state index contributed by atoms with van der Waals surface area (Å²) in [6.45, 7) is 25.7. The van der Waals surface area contributed by atoms with Crippen molar-refractivity contribution in [2.45, 2.75) is 139 Å². The smallest absolute Gasteiger partial charge is 0.307 e. The monoisotopic (exact) mass is 695 g/mol. The van der Waals surface area contributed by atoms with Crippen molar-refractivity contribution in [3.63, 3.8) is 0 Å². The zero-order valence-corrected chi connectivity index (χ0v) is 32.7. The summed E-state index contributed by atoms with van der Waals surface area (Å²) in [4.78, 5) is 27.8. The molecule has 12 atom stereocenters. The van der Waals surface area contributed by atoms with Crippen LogP contribution in [-0.4, -0.2) is 68.5 Å². The van der Waals surface area contributed by atoms with Crippen molar-refractivity contribution in [2.24, 2.45) is 68.3 Å². The van der Waals surface area contributed by atoms with E-state index in [1.807, 2.05) is 13.8 Å². The van der Waals surface area contributed by atoms with Crippen LogP contribution in [0.2, 0.25) is 0 Å². The van der Waals surface area contributed by atoms with Crippen molar-refractivity contribution in [2.75, 3.05) is 19.8 Å². The second-order valence-electron chi connectivity index (χ2n) is 19.2. The molecule has 1 unspecified atom stereocenters. The van der Waals surface area contributed by atoms with E-state index in [4.69, 9.17) is 20.3 Å². The zero-order chi connectivity index (χ0) is 36.8. The summed E-state index contributed by atoms with van der Waals surface area (Å²) in [7, 11) is 0. The molecule has 280 valence electrons. The van der Waals surface area contributed by atoms with E-state index in [-0.39, 0.29) is 57.2 Å². The summed E-state index contributed by atoms with van der Waals surface area (Å²) in [5, 5.41) is 24.5. The van der Waals surface area contributed by atoms with E-state index < -0.39 is 22.8 Å². The van der Waals surface area contributed by atoms with Crippen LogP contribution in [0, 0.1) is 62.6 Å². The number of aromatic nitrogens is 4. The number of fused-ring (bicyclic) bond motifs is 3. The van der Waals surface area contributed by atoms with Gasteiger partial charge in [-0.1, -0.05) is 80.9 Å². The van der Waals surface area contributed by atoms with Gasteiger partial charge < -0.3 is 20.3 Å². The minimum absolute atomic E-state index is 0.131. The molecule has 10 nitrogen and oxygen atoms in total. The van der Waals surface area contributed by atoms with Crippen molar-refractivity contribution in [1.82, 2.24) is 20.2 Å². The summed E-state index contributed by atoms with van der Waals surface area (Å²) >= 11 is 0. The van der Waals surface area contributed by atoms with Crippen LogP contribution in [0.3, 0.4) is 0 Å². The summed E-state index contributed by atoms with van der Waals surface area (Å²) in [5.41, 5.74) is 6.18. The van der Waals surface area contributed by atoms with Crippen LogP contribution in [0.15, 0.2) is 11.6 Å². The Morgan fingerprint density at radius 1 is 1.10 bits per heavy atom. The minimum Gasteiger partial charge on any atom is -0.481 e. The first-order valence-corrected chi connectivity index (χ1v) is 19.5. The minimum atomic E-state index is -0.647. The van der Waals surface area contributed by atoms with Crippen LogP contribution in [0.1, 0.15) is 138 Å². The molecule has 5 aliphatic rings. The zero-order valence-electron chi connectivity index (χ0n) is 32.7. The molecule has 3 N–H and O–H groups in total. The number of carbonyl (C=O) groups is 2. The number of carboxylic acid groups (broad SMARTS) is 1. The number of nitrogens with two attached hydrogens (primary N) is 1. The number of aliphatic carboxylic acids is 1. The van der Waals surface area contributed by atoms with Gasteiger partial charge in [-0.25, -0.2) is 0 Å². The van der Waals surface area contributed by atoms with E-state index in [1.165, 1.54) is 5.57 Å². The number of rotatable bonds is 10. The van der Waals surface area contributed by atoms with Crippen molar-refractivity contribution in [1.29, 1.82) is 0 Å². The molecule has 6 rings (SSSR count). The summed E-state index contributed by atoms with van der Waals surface area (Å²) in [5.74, 6) is 0.381.